The lowest BCUT2D eigenvalue weighted by Gasteiger charge is -2.30. The maximum absolute atomic E-state index is 13.3. The van der Waals surface area contributed by atoms with Crippen LogP contribution in [-0.2, 0) is 16.1 Å². The number of piperidine rings is 1. The van der Waals surface area contributed by atoms with Gasteiger partial charge in [-0.2, -0.15) is 0 Å². The van der Waals surface area contributed by atoms with Gasteiger partial charge in [0.2, 0.25) is 0 Å². The van der Waals surface area contributed by atoms with Crippen LogP contribution in [-0.4, -0.2) is 53.1 Å². The first-order valence-corrected chi connectivity index (χ1v) is 12.3. The number of halogens is 1. The molecule has 0 spiro atoms. The molecule has 1 N–H and O–H groups in total. The number of methoxy groups -OCH3 is 1. The van der Waals surface area contributed by atoms with Crippen molar-refractivity contribution in [1.82, 2.24) is 20.1 Å². The number of amides is 1. The highest BCUT2D eigenvalue weighted by Crippen LogP contribution is 2.32. The van der Waals surface area contributed by atoms with Crippen LogP contribution in [0.15, 0.2) is 53.1 Å². The number of ether oxygens (including phenoxy) is 1. The van der Waals surface area contributed by atoms with Gasteiger partial charge in [0.25, 0.3) is 5.91 Å². The van der Waals surface area contributed by atoms with Crippen molar-refractivity contribution in [2.24, 2.45) is 0 Å². The van der Waals surface area contributed by atoms with Crippen molar-refractivity contribution in [3.8, 4) is 10.6 Å². The van der Waals surface area contributed by atoms with E-state index < -0.39 is 6.16 Å². The van der Waals surface area contributed by atoms with E-state index in [1.165, 1.54) is 18.4 Å². The number of hydrogen-bond acceptors (Lipinski definition) is 8. The molecule has 5 rings (SSSR count). The van der Waals surface area contributed by atoms with Crippen molar-refractivity contribution in [2.75, 3.05) is 20.2 Å². The standard InChI is InChI=1S/C24H23ClN4O5S/c1-32-24(31)34-28-10-8-16(9-11-28)26-23(30)19-12-15-4-2-3-5-18(15)29(19)14-17-13-20(33-27-17)21-6-7-22(25)35-21/h2-7,12-13,16H,8-11,14H2,1H3,(H,26,30). The fourth-order valence-electron chi connectivity index (χ4n) is 4.17. The molecular formula is C24H23ClN4O5S. The highest BCUT2D eigenvalue weighted by Gasteiger charge is 2.25. The molecule has 0 radical (unpaired) electrons. The zero-order valence-electron chi connectivity index (χ0n) is 18.9. The molecule has 0 unspecified atom stereocenters. The number of carbonyl (C=O) groups is 2. The smallest absolute Gasteiger partial charge is 0.436 e. The molecule has 1 aliphatic rings. The van der Waals surface area contributed by atoms with Crippen LogP contribution in [0.4, 0.5) is 4.79 Å². The maximum Gasteiger partial charge on any atom is 0.527 e. The summed E-state index contributed by atoms with van der Waals surface area (Å²) in [6.07, 6.45) is 0.563. The Balaban J connectivity index is 1.32. The van der Waals surface area contributed by atoms with Gasteiger partial charge in [0.15, 0.2) is 5.76 Å². The number of hydroxylamine groups is 2. The molecule has 11 heteroatoms. The monoisotopic (exact) mass is 514 g/mol. The van der Waals surface area contributed by atoms with Crippen LogP contribution in [0, 0.1) is 0 Å². The number of rotatable bonds is 6. The lowest BCUT2D eigenvalue weighted by Crippen LogP contribution is -2.45. The van der Waals surface area contributed by atoms with Gasteiger partial charge in [0.1, 0.15) is 11.4 Å². The number of benzene rings is 1. The number of nitrogens with one attached hydrogen (secondary N) is 1. The molecule has 0 atom stereocenters. The molecule has 1 saturated heterocycles. The molecule has 3 aromatic heterocycles. The van der Waals surface area contributed by atoms with Crippen LogP contribution in [0.1, 0.15) is 29.0 Å². The van der Waals surface area contributed by atoms with E-state index in [-0.39, 0.29) is 11.9 Å². The zero-order chi connectivity index (χ0) is 24.4. The van der Waals surface area contributed by atoms with Crippen LogP contribution in [0.5, 0.6) is 0 Å². The van der Waals surface area contributed by atoms with E-state index >= 15 is 0 Å². The third kappa shape index (κ3) is 5.19. The van der Waals surface area contributed by atoms with Gasteiger partial charge in [-0.15, -0.1) is 16.4 Å². The molecule has 1 aliphatic heterocycles. The number of thiophene rings is 1. The Labute approximate surface area is 210 Å². The molecule has 1 fully saturated rings. The molecule has 0 saturated carbocycles. The molecule has 1 aromatic carbocycles. The number of fused-ring (bicyclic) bond motifs is 1. The molecule has 4 heterocycles. The number of carbonyl (C=O) groups excluding carboxylic acids is 2. The first-order valence-electron chi connectivity index (χ1n) is 11.1. The van der Waals surface area contributed by atoms with E-state index in [1.807, 2.05) is 53.1 Å². The quantitative estimate of drug-likeness (QED) is 0.363. The molecule has 182 valence electrons. The Hall–Kier alpha value is -3.34. The van der Waals surface area contributed by atoms with Crippen molar-refractivity contribution in [1.29, 1.82) is 0 Å². The number of nitrogens with zero attached hydrogens (tertiary/aromatic N) is 3. The maximum atomic E-state index is 13.3. The highest BCUT2D eigenvalue weighted by molar-refractivity contribution is 7.19. The van der Waals surface area contributed by atoms with Gasteiger partial charge in [-0.05, 0) is 37.1 Å². The van der Waals surface area contributed by atoms with Crippen LogP contribution in [0.25, 0.3) is 21.5 Å². The van der Waals surface area contributed by atoms with Gasteiger partial charge < -0.3 is 24.0 Å². The van der Waals surface area contributed by atoms with E-state index in [2.05, 4.69) is 15.2 Å². The predicted molar refractivity (Wildman–Crippen MR) is 131 cm³/mol. The lowest BCUT2D eigenvalue weighted by atomic mass is 10.1. The number of hydrogen-bond donors (Lipinski definition) is 1. The summed E-state index contributed by atoms with van der Waals surface area (Å²) < 4.78 is 12.7. The number of aromatic nitrogens is 2. The van der Waals surface area contributed by atoms with Crippen molar-refractivity contribution in [2.45, 2.75) is 25.4 Å². The molecule has 0 bridgehead atoms. The zero-order valence-corrected chi connectivity index (χ0v) is 20.5. The summed E-state index contributed by atoms with van der Waals surface area (Å²) in [7, 11) is 1.27. The summed E-state index contributed by atoms with van der Waals surface area (Å²) in [6, 6.07) is 15.3. The Kier molecular flexibility index (Phi) is 6.76. The van der Waals surface area contributed by atoms with E-state index in [4.69, 9.17) is 21.0 Å². The number of para-hydroxylation sites is 1. The third-order valence-electron chi connectivity index (χ3n) is 5.90. The second-order valence-corrected chi connectivity index (χ2v) is 9.90. The fourth-order valence-corrected chi connectivity index (χ4v) is 5.16. The molecule has 35 heavy (non-hydrogen) atoms. The Morgan fingerprint density at radius 3 is 2.74 bits per heavy atom. The van der Waals surface area contributed by atoms with E-state index in [0.717, 1.165) is 15.8 Å². The summed E-state index contributed by atoms with van der Waals surface area (Å²) in [5.41, 5.74) is 2.18. The van der Waals surface area contributed by atoms with Crippen molar-refractivity contribution in [3.63, 3.8) is 0 Å². The molecule has 4 aromatic rings. The topological polar surface area (TPSA) is 98.8 Å². The van der Waals surface area contributed by atoms with E-state index in [0.29, 0.717) is 54.0 Å². The first-order chi connectivity index (χ1) is 17.0. The minimum absolute atomic E-state index is 0.0336. The molecule has 1 amide bonds. The van der Waals surface area contributed by atoms with Crippen molar-refractivity contribution >= 4 is 45.9 Å². The van der Waals surface area contributed by atoms with Crippen LogP contribution >= 0.6 is 22.9 Å². The summed E-state index contributed by atoms with van der Waals surface area (Å²) in [5, 5.41) is 9.86. The van der Waals surface area contributed by atoms with Crippen LogP contribution in [0.3, 0.4) is 0 Å². The van der Waals surface area contributed by atoms with Gasteiger partial charge >= 0.3 is 6.16 Å². The normalized spacial score (nSPS) is 14.8. The second kappa shape index (κ2) is 10.1. The molecular weight excluding hydrogens is 492 g/mol. The predicted octanol–water partition coefficient (Wildman–Crippen LogP) is 4.95. The summed E-state index contributed by atoms with van der Waals surface area (Å²) in [4.78, 5) is 30.6. The summed E-state index contributed by atoms with van der Waals surface area (Å²) in [5.74, 6) is 0.475. The van der Waals surface area contributed by atoms with Crippen LogP contribution < -0.4 is 5.32 Å². The van der Waals surface area contributed by atoms with E-state index in [9.17, 15) is 9.59 Å². The van der Waals surface area contributed by atoms with Crippen molar-refractivity contribution in [3.05, 3.63) is 64.3 Å². The van der Waals surface area contributed by atoms with Crippen LogP contribution in [0.2, 0.25) is 4.34 Å². The minimum Gasteiger partial charge on any atom is -0.436 e. The Morgan fingerprint density at radius 1 is 1.20 bits per heavy atom. The van der Waals surface area contributed by atoms with E-state index in [1.54, 1.807) is 5.06 Å². The van der Waals surface area contributed by atoms with Gasteiger partial charge in [0, 0.05) is 36.1 Å². The molecule has 0 aliphatic carbocycles. The SMILES string of the molecule is COC(=O)ON1CCC(NC(=O)c2cc3ccccc3n2Cc2cc(-c3ccc(Cl)s3)on2)CC1. The Morgan fingerprint density at radius 2 is 2.00 bits per heavy atom. The highest BCUT2D eigenvalue weighted by atomic mass is 35.5. The van der Waals surface area contributed by atoms with Gasteiger partial charge in [-0.25, -0.2) is 4.79 Å². The third-order valence-corrected chi connectivity index (χ3v) is 7.14. The summed E-state index contributed by atoms with van der Waals surface area (Å²) in [6.45, 7) is 1.40. The van der Waals surface area contributed by atoms with Gasteiger partial charge in [-0.1, -0.05) is 35.0 Å². The van der Waals surface area contributed by atoms with Gasteiger partial charge in [-0.3, -0.25) is 4.79 Å². The fraction of sp³-hybridized carbons (Fsp3) is 0.292. The minimum atomic E-state index is -0.741. The summed E-state index contributed by atoms with van der Waals surface area (Å²) >= 11 is 7.47. The average Bonchev–Trinajstić information content (AvgIpc) is 3.59. The first kappa shape index (κ1) is 23.4. The van der Waals surface area contributed by atoms with Crippen molar-refractivity contribution < 1.29 is 23.7 Å². The molecule has 9 nitrogen and oxygen atoms in total. The van der Waals surface area contributed by atoms with Gasteiger partial charge in [0.05, 0.1) is 22.9 Å². The Bertz CT molecular complexity index is 1350. The largest absolute Gasteiger partial charge is 0.527 e. The second-order valence-electron chi connectivity index (χ2n) is 8.18. The average molecular weight is 515 g/mol. The lowest BCUT2D eigenvalue weighted by molar-refractivity contribution is -0.136.